The third kappa shape index (κ3) is 2.36. The average molecular weight is 270 g/mol. The van der Waals surface area contributed by atoms with Gasteiger partial charge in [-0.05, 0) is 48.6 Å². The Morgan fingerprint density at radius 1 is 1.05 bits per heavy atom. The van der Waals surface area contributed by atoms with E-state index in [1.165, 1.54) is 17.2 Å². The van der Waals surface area contributed by atoms with Crippen LogP contribution >= 0.6 is 0 Å². The molecule has 0 aromatic heterocycles. The minimum absolute atomic E-state index is 0.232. The summed E-state index contributed by atoms with van der Waals surface area (Å²) in [5.74, 6) is -0.232. The molecule has 0 fully saturated rings. The van der Waals surface area contributed by atoms with E-state index in [2.05, 4.69) is 29.2 Å². The lowest BCUT2D eigenvalue weighted by molar-refractivity contribution is 0.618. The molecule has 2 nitrogen and oxygen atoms in total. The third-order valence-electron chi connectivity index (χ3n) is 4.07. The first-order chi connectivity index (χ1) is 9.65. The van der Waals surface area contributed by atoms with Crippen molar-refractivity contribution in [1.29, 1.82) is 0 Å². The highest BCUT2D eigenvalue weighted by atomic mass is 19.1. The first kappa shape index (κ1) is 13.0. The summed E-state index contributed by atoms with van der Waals surface area (Å²) in [7, 11) is 0. The molecule has 2 aromatic carbocycles. The van der Waals surface area contributed by atoms with Gasteiger partial charge in [0.2, 0.25) is 0 Å². The van der Waals surface area contributed by atoms with Gasteiger partial charge >= 0.3 is 0 Å². The summed E-state index contributed by atoms with van der Waals surface area (Å²) >= 11 is 0. The highest BCUT2D eigenvalue weighted by Crippen LogP contribution is 2.28. The molecule has 0 aliphatic carbocycles. The van der Waals surface area contributed by atoms with Gasteiger partial charge in [-0.1, -0.05) is 24.3 Å². The molecule has 0 spiro atoms. The second-order valence-electron chi connectivity index (χ2n) is 5.42. The fourth-order valence-electron chi connectivity index (χ4n) is 2.86. The summed E-state index contributed by atoms with van der Waals surface area (Å²) in [6.07, 6.45) is 2.01. The SMILES string of the molecule is Cc1cc(N2CCc3ccccc3CC2)c(N)cc1F. The molecule has 1 aliphatic rings. The van der Waals surface area contributed by atoms with Crippen molar-refractivity contribution >= 4 is 11.4 Å². The van der Waals surface area contributed by atoms with Gasteiger partial charge in [0.15, 0.2) is 0 Å². The van der Waals surface area contributed by atoms with Gasteiger partial charge in [-0.15, -0.1) is 0 Å². The molecule has 0 radical (unpaired) electrons. The van der Waals surface area contributed by atoms with Crippen LogP contribution < -0.4 is 10.6 Å². The maximum Gasteiger partial charge on any atom is 0.128 e. The Kier molecular flexibility index (Phi) is 3.35. The quantitative estimate of drug-likeness (QED) is 0.805. The predicted octanol–water partition coefficient (Wildman–Crippen LogP) is 3.32. The molecule has 2 N–H and O–H groups in total. The molecule has 1 aliphatic heterocycles. The fraction of sp³-hybridized carbons (Fsp3) is 0.294. The van der Waals surface area contributed by atoms with Crippen molar-refractivity contribution in [2.24, 2.45) is 0 Å². The van der Waals surface area contributed by atoms with Crippen molar-refractivity contribution in [2.45, 2.75) is 19.8 Å². The number of rotatable bonds is 1. The van der Waals surface area contributed by atoms with Gasteiger partial charge in [-0.2, -0.15) is 0 Å². The molecular weight excluding hydrogens is 251 g/mol. The summed E-state index contributed by atoms with van der Waals surface area (Å²) in [6, 6.07) is 11.9. The van der Waals surface area contributed by atoms with E-state index in [4.69, 9.17) is 5.73 Å². The zero-order valence-electron chi connectivity index (χ0n) is 11.7. The number of anilines is 2. The normalized spacial score (nSPS) is 14.8. The van der Waals surface area contributed by atoms with Crippen LogP contribution in [-0.2, 0) is 12.8 Å². The van der Waals surface area contributed by atoms with Crippen molar-refractivity contribution in [2.75, 3.05) is 23.7 Å². The molecular formula is C17H19FN2. The van der Waals surface area contributed by atoms with Crippen molar-refractivity contribution in [1.82, 2.24) is 0 Å². The van der Waals surface area contributed by atoms with E-state index < -0.39 is 0 Å². The van der Waals surface area contributed by atoms with Crippen LogP contribution in [0, 0.1) is 12.7 Å². The summed E-state index contributed by atoms with van der Waals surface area (Å²) in [4.78, 5) is 2.27. The Morgan fingerprint density at radius 3 is 2.25 bits per heavy atom. The highest BCUT2D eigenvalue weighted by molar-refractivity contribution is 5.69. The second kappa shape index (κ2) is 5.16. The third-order valence-corrected chi connectivity index (χ3v) is 4.07. The molecule has 20 heavy (non-hydrogen) atoms. The summed E-state index contributed by atoms with van der Waals surface area (Å²) in [6.45, 7) is 3.63. The molecule has 0 saturated heterocycles. The molecule has 104 valence electrons. The molecule has 3 rings (SSSR count). The van der Waals surface area contributed by atoms with Gasteiger partial charge in [-0.3, -0.25) is 0 Å². The van der Waals surface area contributed by atoms with Crippen LogP contribution in [0.1, 0.15) is 16.7 Å². The van der Waals surface area contributed by atoms with Crippen LogP contribution in [0.2, 0.25) is 0 Å². The van der Waals surface area contributed by atoms with Crippen LogP contribution in [0.3, 0.4) is 0 Å². The van der Waals surface area contributed by atoms with Crippen molar-refractivity contribution < 1.29 is 4.39 Å². The summed E-state index contributed by atoms with van der Waals surface area (Å²) in [5.41, 5.74) is 10.9. The van der Waals surface area contributed by atoms with E-state index in [0.29, 0.717) is 11.3 Å². The molecule has 0 bridgehead atoms. The van der Waals surface area contributed by atoms with Gasteiger partial charge < -0.3 is 10.6 Å². The van der Waals surface area contributed by atoms with Gasteiger partial charge in [0.25, 0.3) is 0 Å². The Bertz CT molecular complexity index is 610. The molecule has 2 aromatic rings. The Balaban J connectivity index is 1.89. The minimum Gasteiger partial charge on any atom is -0.397 e. The monoisotopic (exact) mass is 270 g/mol. The molecule has 1 heterocycles. The number of nitrogens with zero attached hydrogens (tertiary/aromatic N) is 1. The minimum atomic E-state index is -0.232. The number of nitrogens with two attached hydrogens (primary N) is 1. The largest absolute Gasteiger partial charge is 0.397 e. The smallest absolute Gasteiger partial charge is 0.128 e. The lowest BCUT2D eigenvalue weighted by Crippen LogP contribution is -2.27. The molecule has 0 saturated carbocycles. The van der Waals surface area contributed by atoms with E-state index in [9.17, 15) is 4.39 Å². The van der Waals surface area contributed by atoms with Crippen molar-refractivity contribution in [3.8, 4) is 0 Å². The standard InChI is InChI=1S/C17H19FN2/c1-12-10-17(16(19)11-15(12)18)20-8-6-13-4-2-3-5-14(13)7-9-20/h2-5,10-11H,6-9,19H2,1H3. The van der Waals surface area contributed by atoms with Crippen LogP contribution in [0.5, 0.6) is 0 Å². The van der Waals surface area contributed by atoms with Gasteiger partial charge in [0, 0.05) is 13.1 Å². The lowest BCUT2D eigenvalue weighted by Gasteiger charge is -2.24. The lowest BCUT2D eigenvalue weighted by atomic mass is 10.0. The number of halogens is 1. The van der Waals surface area contributed by atoms with Crippen LogP contribution in [0.25, 0.3) is 0 Å². The number of hydrogen-bond donors (Lipinski definition) is 1. The van der Waals surface area contributed by atoms with E-state index >= 15 is 0 Å². The zero-order valence-corrected chi connectivity index (χ0v) is 11.7. The van der Waals surface area contributed by atoms with E-state index in [1.54, 1.807) is 6.92 Å². The van der Waals surface area contributed by atoms with Gasteiger partial charge in [-0.25, -0.2) is 4.39 Å². The van der Waals surface area contributed by atoms with Gasteiger partial charge in [0.1, 0.15) is 5.82 Å². The summed E-state index contributed by atoms with van der Waals surface area (Å²) < 4.78 is 13.5. The second-order valence-corrected chi connectivity index (χ2v) is 5.42. The number of nitrogen functional groups attached to an aromatic ring is 1. The van der Waals surface area contributed by atoms with Crippen molar-refractivity contribution in [3.05, 3.63) is 58.9 Å². The fourth-order valence-corrected chi connectivity index (χ4v) is 2.86. The molecule has 0 unspecified atom stereocenters. The maximum absolute atomic E-state index is 13.5. The van der Waals surface area contributed by atoms with Gasteiger partial charge in [0.05, 0.1) is 11.4 Å². The molecule has 0 amide bonds. The van der Waals surface area contributed by atoms with Crippen LogP contribution in [-0.4, -0.2) is 13.1 Å². The highest BCUT2D eigenvalue weighted by Gasteiger charge is 2.16. The average Bonchev–Trinajstić information content (AvgIpc) is 2.65. The maximum atomic E-state index is 13.5. The molecule has 0 atom stereocenters. The Morgan fingerprint density at radius 2 is 1.65 bits per heavy atom. The Hall–Kier alpha value is -2.03. The number of fused-ring (bicyclic) bond motifs is 1. The topological polar surface area (TPSA) is 29.3 Å². The zero-order chi connectivity index (χ0) is 14.1. The Labute approximate surface area is 119 Å². The molecule has 3 heteroatoms. The van der Waals surface area contributed by atoms with E-state index in [1.807, 2.05) is 6.07 Å². The van der Waals surface area contributed by atoms with Crippen LogP contribution in [0.4, 0.5) is 15.8 Å². The number of hydrogen-bond acceptors (Lipinski definition) is 2. The first-order valence-electron chi connectivity index (χ1n) is 7.02. The number of aryl methyl sites for hydroxylation is 1. The van der Waals surface area contributed by atoms with Crippen LogP contribution in [0.15, 0.2) is 36.4 Å². The predicted molar refractivity (Wildman–Crippen MR) is 81.6 cm³/mol. The first-order valence-corrected chi connectivity index (χ1v) is 7.02. The van der Waals surface area contributed by atoms with E-state index in [0.717, 1.165) is 31.6 Å². The van der Waals surface area contributed by atoms with E-state index in [-0.39, 0.29) is 5.82 Å². The summed E-state index contributed by atoms with van der Waals surface area (Å²) in [5, 5.41) is 0. The van der Waals surface area contributed by atoms with Crippen molar-refractivity contribution in [3.63, 3.8) is 0 Å². The number of benzene rings is 2.